The average molecular weight is 252 g/mol. The first-order valence-electron chi connectivity index (χ1n) is 6.30. The van der Waals surface area contributed by atoms with Gasteiger partial charge in [-0.25, -0.2) is 4.98 Å². The topological polar surface area (TPSA) is 33.2 Å². The molecule has 17 heavy (non-hydrogen) atoms. The molecular weight excluding hydrogens is 232 g/mol. The Labute approximate surface area is 107 Å². The van der Waals surface area contributed by atoms with E-state index < -0.39 is 0 Å². The zero-order valence-corrected chi connectivity index (χ0v) is 11.4. The molecule has 1 saturated heterocycles. The Bertz CT molecular complexity index is 375. The van der Waals surface area contributed by atoms with Crippen molar-refractivity contribution < 1.29 is 4.79 Å². The predicted octanol–water partition coefficient (Wildman–Crippen LogP) is 2.16. The number of aromatic nitrogens is 1. The summed E-state index contributed by atoms with van der Waals surface area (Å²) in [5.74, 6) is 0.743. The van der Waals surface area contributed by atoms with E-state index in [4.69, 9.17) is 0 Å². The van der Waals surface area contributed by atoms with Crippen LogP contribution in [0.3, 0.4) is 0 Å². The van der Waals surface area contributed by atoms with E-state index in [2.05, 4.69) is 23.7 Å². The molecule has 0 aromatic carbocycles. The van der Waals surface area contributed by atoms with Crippen LogP contribution in [0.25, 0.3) is 0 Å². The van der Waals surface area contributed by atoms with Crippen molar-refractivity contribution in [3.05, 3.63) is 16.1 Å². The van der Waals surface area contributed by atoms with Crippen molar-refractivity contribution in [1.82, 2.24) is 9.88 Å². The molecule has 2 heterocycles. The van der Waals surface area contributed by atoms with Gasteiger partial charge in [0, 0.05) is 30.8 Å². The Morgan fingerprint density at radius 3 is 3.12 bits per heavy atom. The van der Waals surface area contributed by atoms with Gasteiger partial charge in [0.2, 0.25) is 0 Å². The quantitative estimate of drug-likeness (QED) is 0.753. The van der Waals surface area contributed by atoms with Crippen molar-refractivity contribution in [2.24, 2.45) is 5.92 Å². The van der Waals surface area contributed by atoms with Crippen LogP contribution in [-0.2, 0) is 17.6 Å². The fourth-order valence-corrected chi connectivity index (χ4v) is 3.29. The monoisotopic (exact) mass is 252 g/mol. The highest BCUT2D eigenvalue weighted by atomic mass is 32.1. The van der Waals surface area contributed by atoms with Gasteiger partial charge in [-0.15, -0.1) is 11.3 Å². The van der Waals surface area contributed by atoms with Gasteiger partial charge in [-0.1, -0.05) is 0 Å². The van der Waals surface area contributed by atoms with Gasteiger partial charge in [-0.3, -0.25) is 0 Å². The zero-order valence-electron chi connectivity index (χ0n) is 10.6. The molecule has 4 heteroatoms. The molecule has 0 spiro atoms. The molecule has 1 aliphatic heterocycles. The van der Waals surface area contributed by atoms with Gasteiger partial charge in [-0.05, 0) is 32.7 Å². The van der Waals surface area contributed by atoms with Gasteiger partial charge in [0.25, 0.3) is 0 Å². The third kappa shape index (κ3) is 3.36. The average Bonchev–Trinajstić information content (AvgIpc) is 2.89. The van der Waals surface area contributed by atoms with Gasteiger partial charge in [-0.2, -0.15) is 0 Å². The van der Waals surface area contributed by atoms with E-state index in [-0.39, 0.29) is 0 Å². The summed E-state index contributed by atoms with van der Waals surface area (Å²) in [6, 6.07) is 0.655. The van der Waals surface area contributed by atoms with E-state index in [1.807, 2.05) is 5.38 Å². The molecule has 0 radical (unpaired) electrons. The largest absolute Gasteiger partial charge is 0.303 e. The highest BCUT2D eigenvalue weighted by molar-refractivity contribution is 7.09. The maximum absolute atomic E-state index is 10.4. The smallest absolute Gasteiger partial charge is 0.125 e. The lowest BCUT2D eigenvalue weighted by Crippen LogP contribution is -2.28. The summed E-state index contributed by atoms with van der Waals surface area (Å²) in [4.78, 5) is 17.4. The van der Waals surface area contributed by atoms with Gasteiger partial charge >= 0.3 is 0 Å². The van der Waals surface area contributed by atoms with E-state index in [9.17, 15) is 4.79 Å². The Hall–Kier alpha value is -0.740. The molecule has 0 saturated carbocycles. The lowest BCUT2D eigenvalue weighted by Gasteiger charge is -2.19. The molecular formula is C13H20N2OS. The summed E-state index contributed by atoms with van der Waals surface area (Å²) < 4.78 is 0. The molecule has 1 fully saturated rings. The van der Waals surface area contributed by atoms with Crippen LogP contribution < -0.4 is 0 Å². The summed E-state index contributed by atoms with van der Waals surface area (Å²) in [6.07, 6.45) is 3.74. The van der Waals surface area contributed by atoms with Crippen molar-refractivity contribution in [3.63, 3.8) is 0 Å². The Balaban J connectivity index is 1.86. The number of thiazole rings is 1. The second kappa shape index (κ2) is 5.74. The summed E-state index contributed by atoms with van der Waals surface area (Å²) in [5.41, 5.74) is 0.929. The van der Waals surface area contributed by atoms with Crippen LogP contribution in [0.1, 0.15) is 31.0 Å². The molecule has 0 bridgehead atoms. The summed E-state index contributed by atoms with van der Waals surface area (Å²) in [5, 5.41) is 3.20. The second-order valence-corrected chi connectivity index (χ2v) is 5.99. The minimum absolute atomic E-state index is 0.458. The molecule has 1 atom stereocenters. The molecule has 1 aromatic heterocycles. The van der Waals surface area contributed by atoms with E-state index in [0.717, 1.165) is 24.3 Å². The van der Waals surface area contributed by atoms with Crippen LogP contribution in [0, 0.1) is 5.92 Å². The SMILES string of the molecule is CC(C)N1CCC(Cc2nc(CC=O)cs2)C1. The number of nitrogens with zero attached hydrogens (tertiary/aromatic N) is 2. The first kappa shape index (κ1) is 12.7. The number of carbonyl (C=O) groups excluding carboxylic acids is 1. The molecule has 1 aromatic rings. The van der Waals surface area contributed by atoms with E-state index >= 15 is 0 Å². The van der Waals surface area contributed by atoms with Crippen LogP contribution in [-0.4, -0.2) is 35.3 Å². The van der Waals surface area contributed by atoms with Crippen LogP contribution >= 0.6 is 11.3 Å². The first-order chi connectivity index (χ1) is 8.19. The minimum atomic E-state index is 0.458. The van der Waals surface area contributed by atoms with E-state index in [0.29, 0.717) is 12.5 Å². The molecule has 1 unspecified atom stereocenters. The summed E-state index contributed by atoms with van der Waals surface area (Å²) >= 11 is 1.70. The van der Waals surface area contributed by atoms with Crippen LogP contribution in [0.15, 0.2) is 5.38 Å². The lowest BCUT2D eigenvalue weighted by molar-refractivity contribution is -0.107. The fourth-order valence-electron chi connectivity index (χ4n) is 2.37. The highest BCUT2D eigenvalue weighted by Gasteiger charge is 2.24. The maximum Gasteiger partial charge on any atom is 0.125 e. The highest BCUT2D eigenvalue weighted by Crippen LogP contribution is 2.23. The van der Waals surface area contributed by atoms with Gasteiger partial charge in [0.15, 0.2) is 0 Å². The van der Waals surface area contributed by atoms with Crippen molar-refractivity contribution in [1.29, 1.82) is 0 Å². The third-order valence-corrected chi connectivity index (χ3v) is 4.32. The maximum atomic E-state index is 10.4. The predicted molar refractivity (Wildman–Crippen MR) is 70.4 cm³/mol. The van der Waals surface area contributed by atoms with Crippen molar-refractivity contribution in [2.75, 3.05) is 13.1 Å². The third-order valence-electron chi connectivity index (χ3n) is 3.40. The molecule has 94 valence electrons. The van der Waals surface area contributed by atoms with Crippen LogP contribution in [0.4, 0.5) is 0 Å². The molecule has 0 N–H and O–H groups in total. The first-order valence-corrected chi connectivity index (χ1v) is 7.18. The van der Waals surface area contributed by atoms with Gasteiger partial charge in [0.1, 0.15) is 6.29 Å². The number of aldehydes is 1. The van der Waals surface area contributed by atoms with E-state index in [1.54, 1.807) is 11.3 Å². The Morgan fingerprint density at radius 1 is 1.65 bits per heavy atom. The molecule has 0 amide bonds. The van der Waals surface area contributed by atoms with Crippen LogP contribution in [0.2, 0.25) is 0 Å². The Kier molecular flexibility index (Phi) is 4.29. The van der Waals surface area contributed by atoms with Crippen LogP contribution in [0.5, 0.6) is 0 Å². The number of likely N-dealkylation sites (tertiary alicyclic amines) is 1. The molecule has 0 aliphatic carbocycles. The number of rotatable bonds is 5. The minimum Gasteiger partial charge on any atom is -0.303 e. The zero-order chi connectivity index (χ0) is 12.3. The van der Waals surface area contributed by atoms with Gasteiger partial charge < -0.3 is 9.69 Å². The summed E-state index contributed by atoms with van der Waals surface area (Å²) in [7, 11) is 0. The van der Waals surface area contributed by atoms with Crippen molar-refractivity contribution in [2.45, 2.75) is 39.2 Å². The van der Waals surface area contributed by atoms with Gasteiger partial charge in [0.05, 0.1) is 10.7 Å². The molecule has 2 rings (SSSR count). The standard InChI is InChI=1S/C13H20N2OS/c1-10(2)15-5-3-11(8-15)7-13-14-12(4-6-16)9-17-13/h6,9-11H,3-5,7-8H2,1-2H3. The number of carbonyl (C=O) groups is 1. The fraction of sp³-hybridized carbons (Fsp3) is 0.692. The Morgan fingerprint density at radius 2 is 2.47 bits per heavy atom. The lowest BCUT2D eigenvalue weighted by atomic mass is 10.1. The van der Waals surface area contributed by atoms with E-state index in [1.165, 1.54) is 24.5 Å². The summed E-state index contributed by atoms with van der Waals surface area (Å²) in [6.45, 7) is 6.93. The molecule has 3 nitrogen and oxygen atoms in total. The number of hydrogen-bond acceptors (Lipinski definition) is 4. The van der Waals surface area contributed by atoms with Crippen molar-refractivity contribution >= 4 is 17.6 Å². The normalized spacial score (nSPS) is 21.2. The van der Waals surface area contributed by atoms with Crippen molar-refractivity contribution in [3.8, 4) is 0 Å². The number of hydrogen-bond donors (Lipinski definition) is 0. The molecule has 1 aliphatic rings. The second-order valence-electron chi connectivity index (χ2n) is 5.05.